The first-order valence-electron chi connectivity index (χ1n) is 7.79. The first kappa shape index (κ1) is 13.9. The Labute approximate surface area is 125 Å². The first-order valence-corrected chi connectivity index (χ1v) is 7.79. The van der Waals surface area contributed by atoms with Gasteiger partial charge in [0.2, 0.25) is 0 Å². The molecule has 0 aromatic carbocycles. The van der Waals surface area contributed by atoms with E-state index in [4.69, 9.17) is 0 Å². The van der Waals surface area contributed by atoms with Gasteiger partial charge in [0.25, 0.3) is 0 Å². The summed E-state index contributed by atoms with van der Waals surface area (Å²) >= 11 is 0. The summed E-state index contributed by atoms with van der Waals surface area (Å²) in [5.74, 6) is 1.18. The number of aromatic nitrogens is 3. The van der Waals surface area contributed by atoms with E-state index in [1.54, 1.807) is 4.52 Å². The third-order valence-electron chi connectivity index (χ3n) is 4.23. The van der Waals surface area contributed by atoms with Crippen molar-refractivity contribution >= 4 is 11.3 Å². The molecule has 0 spiro atoms. The lowest BCUT2D eigenvalue weighted by atomic mass is 10.0. The van der Waals surface area contributed by atoms with Crippen LogP contribution in [0.4, 0.5) is 5.69 Å². The molecule has 1 aliphatic heterocycles. The molecule has 1 saturated heterocycles. The number of rotatable bonds is 5. The Morgan fingerprint density at radius 1 is 1.38 bits per heavy atom. The maximum absolute atomic E-state index is 9.51. The van der Waals surface area contributed by atoms with Gasteiger partial charge in [-0.15, -0.1) is 5.10 Å². The molecule has 110 valence electrons. The summed E-state index contributed by atoms with van der Waals surface area (Å²) in [7, 11) is 0. The maximum Gasteiger partial charge on any atom is 0.167 e. The molecule has 5 heteroatoms. The van der Waals surface area contributed by atoms with Crippen LogP contribution in [0.1, 0.15) is 57.0 Å². The van der Waals surface area contributed by atoms with Crippen molar-refractivity contribution < 1.29 is 0 Å². The Balaban J connectivity index is 1.99. The van der Waals surface area contributed by atoms with Crippen LogP contribution in [-0.2, 0) is 0 Å². The van der Waals surface area contributed by atoms with Crippen LogP contribution >= 0.6 is 0 Å². The zero-order chi connectivity index (χ0) is 14.8. The highest BCUT2D eigenvalue weighted by Crippen LogP contribution is 2.26. The summed E-state index contributed by atoms with van der Waals surface area (Å²) in [5.41, 5.74) is 2.36. The van der Waals surface area contributed by atoms with Gasteiger partial charge in [0.1, 0.15) is 6.07 Å². The molecule has 0 saturated carbocycles. The highest BCUT2D eigenvalue weighted by Gasteiger charge is 2.21. The van der Waals surface area contributed by atoms with E-state index in [2.05, 4.69) is 34.9 Å². The molecule has 2 aromatic heterocycles. The molecule has 3 rings (SSSR count). The van der Waals surface area contributed by atoms with Crippen molar-refractivity contribution in [3.63, 3.8) is 0 Å². The molecule has 0 bridgehead atoms. The monoisotopic (exact) mass is 283 g/mol. The third kappa shape index (κ3) is 2.46. The molecule has 0 radical (unpaired) electrons. The Morgan fingerprint density at radius 3 is 2.81 bits per heavy atom. The van der Waals surface area contributed by atoms with Gasteiger partial charge in [-0.2, -0.15) is 5.26 Å². The predicted octanol–water partition coefficient (Wildman–Crippen LogP) is 3.10. The van der Waals surface area contributed by atoms with Gasteiger partial charge in [0, 0.05) is 19.0 Å². The number of anilines is 1. The van der Waals surface area contributed by atoms with Crippen LogP contribution in [0.15, 0.2) is 12.1 Å². The van der Waals surface area contributed by atoms with Crippen LogP contribution < -0.4 is 4.90 Å². The Kier molecular flexibility index (Phi) is 3.78. The van der Waals surface area contributed by atoms with Crippen molar-refractivity contribution in [1.29, 1.82) is 5.26 Å². The molecule has 1 atom stereocenters. The molecule has 0 N–H and O–H groups in total. The van der Waals surface area contributed by atoms with Gasteiger partial charge in [-0.1, -0.05) is 26.7 Å². The summed E-state index contributed by atoms with van der Waals surface area (Å²) in [5, 5.41) is 14.1. The molecule has 1 aliphatic rings. The second kappa shape index (κ2) is 5.72. The van der Waals surface area contributed by atoms with E-state index in [-0.39, 0.29) is 0 Å². The summed E-state index contributed by atoms with van der Waals surface area (Å²) < 4.78 is 1.71. The molecule has 21 heavy (non-hydrogen) atoms. The highest BCUT2D eigenvalue weighted by atomic mass is 15.3. The molecule has 0 amide bonds. The van der Waals surface area contributed by atoms with E-state index in [1.807, 2.05) is 12.1 Å². The summed E-state index contributed by atoms with van der Waals surface area (Å²) in [6.45, 7) is 6.40. The van der Waals surface area contributed by atoms with Gasteiger partial charge < -0.3 is 4.90 Å². The van der Waals surface area contributed by atoms with Gasteiger partial charge in [-0.05, 0) is 25.0 Å². The fourth-order valence-electron chi connectivity index (χ4n) is 2.72. The highest BCUT2D eigenvalue weighted by molar-refractivity contribution is 5.62. The third-order valence-corrected chi connectivity index (χ3v) is 4.23. The Bertz CT molecular complexity index is 678. The molecule has 3 heterocycles. The minimum Gasteiger partial charge on any atom is -0.369 e. The van der Waals surface area contributed by atoms with Crippen molar-refractivity contribution in [2.45, 2.75) is 45.4 Å². The van der Waals surface area contributed by atoms with Crippen molar-refractivity contribution in [3.8, 4) is 6.07 Å². The molecule has 2 aromatic rings. The van der Waals surface area contributed by atoms with Crippen molar-refractivity contribution in [2.24, 2.45) is 0 Å². The molecular formula is C16H21N5. The zero-order valence-electron chi connectivity index (χ0n) is 12.7. The van der Waals surface area contributed by atoms with E-state index >= 15 is 0 Å². The lowest BCUT2D eigenvalue weighted by Gasteiger charge is -2.33. The smallest absolute Gasteiger partial charge is 0.167 e. The van der Waals surface area contributed by atoms with E-state index in [9.17, 15) is 5.26 Å². The SMILES string of the molecule is CCCCC(C)c1nc2ccc(N3CCC3)c(C#N)n2n1. The summed E-state index contributed by atoms with van der Waals surface area (Å²) in [6, 6.07) is 6.27. The van der Waals surface area contributed by atoms with Crippen LogP contribution in [0.2, 0.25) is 0 Å². The fourth-order valence-corrected chi connectivity index (χ4v) is 2.72. The number of hydrogen-bond acceptors (Lipinski definition) is 4. The van der Waals surface area contributed by atoms with Crippen molar-refractivity contribution in [1.82, 2.24) is 14.6 Å². The number of hydrogen-bond donors (Lipinski definition) is 0. The second-order valence-corrected chi connectivity index (χ2v) is 5.80. The topological polar surface area (TPSA) is 57.2 Å². The van der Waals surface area contributed by atoms with Crippen LogP contribution in [-0.4, -0.2) is 27.7 Å². The molecule has 1 unspecified atom stereocenters. The predicted molar refractivity (Wildman–Crippen MR) is 82.5 cm³/mol. The number of fused-ring (bicyclic) bond motifs is 1. The average molecular weight is 283 g/mol. The van der Waals surface area contributed by atoms with Gasteiger partial charge in [-0.25, -0.2) is 9.50 Å². The molecule has 0 aliphatic carbocycles. The van der Waals surface area contributed by atoms with Gasteiger partial charge >= 0.3 is 0 Å². The fraction of sp³-hybridized carbons (Fsp3) is 0.562. The van der Waals surface area contributed by atoms with Crippen molar-refractivity contribution in [2.75, 3.05) is 18.0 Å². The van der Waals surface area contributed by atoms with Crippen LogP contribution in [0.25, 0.3) is 5.65 Å². The van der Waals surface area contributed by atoms with Crippen LogP contribution in [0.5, 0.6) is 0 Å². The number of nitriles is 1. The van der Waals surface area contributed by atoms with Gasteiger partial charge in [-0.3, -0.25) is 0 Å². The van der Waals surface area contributed by atoms with E-state index in [1.165, 1.54) is 19.3 Å². The van der Waals surface area contributed by atoms with Gasteiger partial charge in [0.05, 0.1) is 5.69 Å². The largest absolute Gasteiger partial charge is 0.369 e. The molecular weight excluding hydrogens is 262 g/mol. The minimum absolute atomic E-state index is 0.337. The number of pyridine rings is 1. The van der Waals surface area contributed by atoms with Gasteiger partial charge in [0.15, 0.2) is 17.2 Å². The standard InChI is InChI=1S/C16H21N5/c1-3-4-6-12(2)16-18-15-8-7-13(20-9-5-10-20)14(11-17)21(15)19-16/h7-8,12H,3-6,9-10H2,1-2H3. The van der Waals surface area contributed by atoms with E-state index in [0.29, 0.717) is 11.6 Å². The molecule has 5 nitrogen and oxygen atoms in total. The average Bonchev–Trinajstić information content (AvgIpc) is 2.86. The lowest BCUT2D eigenvalue weighted by Crippen LogP contribution is -2.37. The number of nitrogens with zero attached hydrogens (tertiary/aromatic N) is 5. The van der Waals surface area contributed by atoms with Crippen LogP contribution in [0, 0.1) is 11.3 Å². The minimum atomic E-state index is 0.337. The Hall–Kier alpha value is -2.09. The summed E-state index contributed by atoms with van der Waals surface area (Å²) in [6.07, 6.45) is 4.65. The quantitative estimate of drug-likeness (QED) is 0.846. The van der Waals surface area contributed by atoms with Crippen LogP contribution in [0.3, 0.4) is 0 Å². The Morgan fingerprint density at radius 2 is 2.19 bits per heavy atom. The summed E-state index contributed by atoms with van der Waals surface area (Å²) in [4.78, 5) is 6.82. The second-order valence-electron chi connectivity index (χ2n) is 5.80. The normalized spacial score (nSPS) is 15.8. The lowest BCUT2D eigenvalue weighted by molar-refractivity contribution is 0.594. The first-order chi connectivity index (χ1) is 10.2. The zero-order valence-corrected chi connectivity index (χ0v) is 12.7. The van der Waals surface area contributed by atoms with Crippen molar-refractivity contribution in [3.05, 3.63) is 23.7 Å². The van der Waals surface area contributed by atoms with E-state index < -0.39 is 0 Å². The maximum atomic E-state index is 9.51. The van der Waals surface area contributed by atoms with E-state index in [0.717, 1.165) is 36.7 Å². The number of unbranched alkanes of at least 4 members (excludes halogenated alkanes) is 1. The molecule has 1 fully saturated rings.